The molecule has 10 nitrogen and oxygen atoms in total. The summed E-state index contributed by atoms with van der Waals surface area (Å²) in [6.07, 6.45) is 0.781. The molecular weight excluding hydrogens is 436 g/mol. The van der Waals surface area contributed by atoms with Crippen molar-refractivity contribution in [2.75, 3.05) is 25.4 Å². The highest BCUT2D eigenvalue weighted by Gasteiger charge is 2.45. The molecule has 32 heavy (non-hydrogen) atoms. The average molecular weight is 461 g/mol. The van der Waals surface area contributed by atoms with Crippen LogP contribution in [0.1, 0.15) is 46.4 Å². The van der Waals surface area contributed by atoms with E-state index in [1.165, 1.54) is 11.8 Å². The number of thioether (sulfide) groups is 1. The minimum absolute atomic E-state index is 0.0899. The van der Waals surface area contributed by atoms with Crippen LogP contribution in [0, 0.1) is 0 Å². The SMILES string of the molecule is NC(=O)OC1CCN(CCSc2cccc3c2C(=O)N(C2CCC(=O)NC2=O)C3=O)CC1. The van der Waals surface area contributed by atoms with Crippen molar-refractivity contribution in [1.82, 2.24) is 15.1 Å². The van der Waals surface area contributed by atoms with Crippen LogP contribution in [0.4, 0.5) is 4.79 Å². The van der Waals surface area contributed by atoms with Crippen LogP contribution in [-0.4, -0.2) is 77.1 Å². The van der Waals surface area contributed by atoms with Gasteiger partial charge < -0.3 is 15.4 Å². The number of nitrogens with one attached hydrogen (secondary N) is 1. The van der Waals surface area contributed by atoms with E-state index in [1.807, 2.05) is 0 Å². The lowest BCUT2D eigenvalue weighted by atomic mass is 10.0. The first-order valence-electron chi connectivity index (χ1n) is 10.5. The van der Waals surface area contributed by atoms with Crippen LogP contribution >= 0.6 is 11.8 Å². The third kappa shape index (κ3) is 4.49. The number of rotatable bonds is 6. The molecule has 1 unspecified atom stereocenters. The number of hydrogen-bond acceptors (Lipinski definition) is 8. The summed E-state index contributed by atoms with van der Waals surface area (Å²) in [5, 5.41) is 2.20. The van der Waals surface area contributed by atoms with E-state index in [1.54, 1.807) is 18.2 Å². The molecule has 1 aromatic carbocycles. The molecular formula is C21H24N4O6S. The molecule has 4 rings (SSSR count). The molecule has 0 aromatic heterocycles. The quantitative estimate of drug-likeness (QED) is 0.468. The summed E-state index contributed by atoms with van der Waals surface area (Å²) >= 11 is 1.49. The number of nitrogens with zero attached hydrogens (tertiary/aromatic N) is 2. The number of likely N-dealkylation sites (tertiary alicyclic amines) is 1. The van der Waals surface area contributed by atoms with Crippen molar-refractivity contribution in [3.8, 4) is 0 Å². The average Bonchev–Trinajstić information content (AvgIpc) is 3.00. The lowest BCUT2D eigenvalue weighted by Gasteiger charge is -2.31. The van der Waals surface area contributed by atoms with Crippen molar-refractivity contribution in [1.29, 1.82) is 0 Å². The second-order valence-corrected chi connectivity index (χ2v) is 9.09. The van der Waals surface area contributed by atoms with Crippen LogP contribution in [0.5, 0.6) is 0 Å². The van der Waals surface area contributed by atoms with Crippen LogP contribution in [0.3, 0.4) is 0 Å². The maximum absolute atomic E-state index is 13.1. The minimum atomic E-state index is -0.970. The molecule has 2 saturated heterocycles. The summed E-state index contributed by atoms with van der Waals surface area (Å²) in [5.41, 5.74) is 5.68. The molecule has 3 aliphatic rings. The Morgan fingerprint density at radius 1 is 1.12 bits per heavy atom. The molecule has 2 fully saturated rings. The summed E-state index contributed by atoms with van der Waals surface area (Å²) < 4.78 is 5.04. The van der Waals surface area contributed by atoms with E-state index in [4.69, 9.17) is 10.5 Å². The Morgan fingerprint density at radius 2 is 1.88 bits per heavy atom. The van der Waals surface area contributed by atoms with E-state index >= 15 is 0 Å². The standard InChI is InChI=1S/C21H24N4O6S/c22-21(30)31-12-6-8-24(9-7-12)10-11-32-15-3-1-2-13-17(15)20(29)25(19(13)28)14-4-5-16(26)23-18(14)27/h1-3,12,14H,4-11H2,(H2,22,30)(H,23,26,27). The third-order valence-electron chi connectivity index (χ3n) is 5.91. The number of fused-ring (bicyclic) bond motifs is 1. The Kier molecular flexibility index (Phi) is 6.47. The van der Waals surface area contributed by atoms with E-state index in [-0.39, 0.29) is 24.5 Å². The largest absolute Gasteiger partial charge is 0.446 e. The highest BCUT2D eigenvalue weighted by molar-refractivity contribution is 7.99. The molecule has 3 N–H and O–H groups in total. The summed E-state index contributed by atoms with van der Waals surface area (Å²) in [6.45, 7) is 2.34. The molecule has 11 heteroatoms. The first-order chi connectivity index (χ1) is 15.3. The number of ether oxygens (including phenoxy) is 1. The van der Waals surface area contributed by atoms with E-state index in [0.29, 0.717) is 16.2 Å². The normalized spacial score (nSPS) is 22.1. The Bertz CT molecular complexity index is 975. The van der Waals surface area contributed by atoms with E-state index in [2.05, 4.69) is 10.2 Å². The lowest BCUT2D eigenvalue weighted by Crippen LogP contribution is -2.54. The van der Waals surface area contributed by atoms with Crippen molar-refractivity contribution in [2.24, 2.45) is 5.73 Å². The summed E-state index contributed by atoms with van der Waals surface area (Å²) in [6, 6.07) is 4.15. The number of primary amides is 1. The van der Waals surface area contributed by atoms with E-state index < -0.39 is 35.8 Å². The van der Waals surface area contributed by atoms with Gasteiger partial charge in [-0.3, -0.25) is 29.4 Å². The number of amides is 5. The number of imide groups is 2. The van der Waals surface area contributed by atoms with Crippen molar-refractivity contribution in [3.05, 3.63) is 29.3 Å². The molecule has 3 aliphatic heterocycles. The summed E-state index contributed by atoms with van der Waals surface area (Å²) in [5.74, 6) is -1.30. The fourth-order valence-corrected chi connectivity index (χ4v) is 5.39. The van der Waals surface area contributed by atoms with Gasteiger partial charge in [-0.25, -0.2) is 4.79 Å². The maximum atomic E-state index is 13.1. The zero-order chi connectivity index (χ0) is 22.8. The van der Waals surface area contributed by atoms with Crippen molar-refractivity contribution >= 4 is 41.5 Å². The number of hydrogen-bond donors (Lipinski definition) is 2. The van der Waals surface area contributed by atoms with Crippen molar-refractivity contribution in [3.63, 3.8) is 0 Å². The van der Waals surface area contributed by atoms with Crippen LogP contribution in [0.2, 0.25) is 0 Å². The molecule has 0 bridgehead atoms. The predicted molar refractivity (Wildman–Crippen MR) is 114 cm³/mol. The number of benzene rings is 1. The van der Waals surface area contributed by atoms with Crippen LogP contribution in [0.15, 0.2) is 23.1 Å². The molecule has 0 saturated carbocycles. The number of carbonyl (C=O) groups is 5. The number of carbonyl (C=O) groups excluding carboxylic acids is 5. The monoisotopic (exact) mass is 460 g/mol. The molecule has 0 radical (unpaired) electrons. The predicted octanol–water partition coefficient (Wildman–Crippen LogP) is 0.740. The second-order valence-electron chi connectivity index (χ2n) is 7.95. The van der Waals surface area contributed by atoms with Gasteiger partial charge in [0.2, 0.25) is 11.8 Å². The zero-order valence-corrected chi connectivity index (χ0v) is 18.2. The molecule has 170 valence electrons. The Morgan fingerprint density at radius 3 is 2.56 bits per heavy atom. The minimum Gasteiger partial charge on any atom is -0.446 e. The van der Waals surface area contributed by atoms with Gasteiger partial charge in [-0.1, -0.05) is 6.07 Å². The lowest BCUT2D eigenvalue weighted by molar-refractivity contribution is -0.136. The second kappa shape index (κ2) is 9.29. The van der Waals surface area contributed by atoms with Gasteiger partial charge in [-0.2, -0.15) is 0 Å². The Balaban J connectivity index is 1.38. The first kappa shape index (κ1) is 22.3. The van der Waals surface area contributed by atoms with Crippen molar-refractivity contribution in [2.45, 2.75) is 42.7 Å². The highest BCUT2D eigenvalue weighted by Crippen LogP contribution is 2.34. The topological polar surface area (TPSA) is 139 Å². The van der Waals surface area contributed by atoms with Gasteiger partial charge in [-0.15, -0.1) is 11.8 Å². The van der Waals surface area contributed by atoms with Gasteiger partial charge in [0.15, 0.2) is 0 Å². The number of piperidine rings is 2. The Labute approximate surface area is 188 Å². The van der Waals surface area contributed by atoms with Crippen LogP contribution in [-0.2, 0) is 14.3 Å². The highest BCUT2D eigenvalue weighted by atomic mass is 32.2. The third-order valence-corrected chi connectivity index (χ3v) is 6.95. The van der Waals surface area contributed by atoms with Crippen molar-refractivity contribution < 1.29 is 28.7 Å². The molecule has 1 atom stereocenters. The van der Waals surface area contributed by atoms with E-state index in [0.717, 1.165) is 37.4 Å². The summed E-state index contributed by atoms with van der Waals surface area (Å²) in [7, 11) is 0. The maximum Gasteiger partial charge on any atom is 0.404 e. The molecule has 0 aliphatic carbocycles. The fraction of sp³-hybridized carbons (Fsp3) is 0.476. The van der Waals surface area contributed by atoms with Crippen LogP contribution in [0.25, 0.3) is 0 Å². The van der Waals surface area contributed by atoms with Gasteiger partial charge in [0.25, 0.3) is 11.8 Å². The van der Waals surface area contributed by atoms with Gasteiger partial charge in [0.05, 0.1) is 11.1 Å². The summed E-state index contributed by atoms with van der Waals surface area (Å²) in [4.78, 5) is 64.5. The smallest absolute Gasteiger partial charge is 0.404 e. The number of nitrogens with two attached hydrogens (primary N) is 1. The van der Waals surface area contributed by atoms with E-state index in [9.17, 15) is 24.0 Å². The molecule has 1 aromatic rings. The molecule has 5 amide bonds. The van der Waals surface area contributed by atoms with Gasteiger partial charge >= 0.3 is 6.09 Å². The van der Waals surface area contributed by atoms with Gasteiger partial charge in [-0.05, 0) is 31.4 Å². The fourth-order valence-electron chi connectivity index (χ4n) is 4.30. The first-order valence-corrected chi connectivity index (χ1v) is 11.5. The molecule has 0 spiro atoms. The van der Waals surface area contributed by atoms with Crippen LogP contribution < -0.4 is 11.1 Å². The van der Waals surface area contributed by atoms with Gasteiger partial charge in [0.1, 0.15) is 12.1 Å². The Hall–Kier alpha value is -2.92. The zero-order valence-electron chi connectivity index (χ0n) is 17.4. The molecule has 3 heterocycles. The van der Waals surface area contributed by atoms with Gasteiger partial charge in [0, 0.05) is 36.7 Å².